The summed E-state index contributed by atoms with van der Waals surface area (Å²) in [6.07, 6.45) is 0. The van der Waals surface area contributed by atoms with Crippen molar-refractivity contribution in [3.63, 3.8) is 0 Å². The molecular formula is C11H11BrN2S. The number of rotatable bonds is 2. The van der Waals surface area contributed by atoms with Crippen molar-refractivity contribution < 1.29 is 0 Å². The predicted molar refractivity (Wildman–Crippen MR) is 67.9 cm³/mol. The summed E-state index contributed by atoms with van der Waals surface area (Å²) < 4.78 is 1.07. The molecule has 0 amide bonds. The van der Waals surface area contributed by atoms with Crippen LogP contribution in [0.2, 0.25) is 0 Å². The molecule has 0 fully saturated rings. The molecule has 2 N–H and O–H groups in total. The Kier molecular flexibility index (Phi) is 3.19. The van der Waals surface area contributed by atoms with Crippen LogP contribution in [0.1, 0.15) is 18.0 Å². The molecule has 1 aromatic heterocycles. The molecule has 15 heavy (non-hydrogen) atoms. The Morgan fingerprint density at radius 1 is 1.47 bits per heavy atom. The molecule has 1 aromatic carbocycles. The van der Waals surface area contributed by atoms with Crippen LogP contribution < -0.4 is 5.73 Å². The summed E-state index contributed by atoms with van der Waals surface area (Å²) in [5.74, 6) is 0. The molecule has 0 spiro atoms. The monoisotopic (exact) mass is 282 g/mol. The van der Waals surface area contributed by atoms with Crippen molar-refractivity contribution in [2.24, 2.45) is 5.73 Å². The molecule has 2 nitrogen and oxygen atoms in total. The highest BCUT2D eigenvalue weighted by Crippen LogP contribution is 2.26. The first kappa shape index (κ1) is 10.8. The van der Waals surface area contributed by atoms with Gasteiger partial charge < -0.3 is 5.73 Å². The van der Waals surface area contributed by atoms with E-state index in [0.29, 0.717) is 0 Å². The first-order valence-electron chi connectivity index (χ1n) is 4.64. The van der Waals surface area contributed by atoms with E-state index in [9.17, 15) is 0 Å². The second-order valence-electron chi connectivity index (χ2n) is 3.37. The van der Waals surface area contributed by atoms with E-state index in [2.05, 4.69) is 27.0 Å². The summed E-state index contributed by atoms with van der Waals surface area (Å²) in [5, 5.41) is 3.02. The standard InChI is InChI=1S/C11H11BrN2S/c1-7(13)11-14-10(6-15-11)8-3-2-4-9(12)5-8/h2-7H,13H2,1H3. The Balaban J connectivity index is 2.37. The Morgan fingerprint density at radius 2 is 2.27 bits per heavy atom. The van der Waals surface area contributed by atoms with Crippen LogP contribution in [-0.2, 0) is 0 Å². The molecule has 0 saturated heterocycles. The zero-order valence-electron chi connectivity index (χ0n) is 8.27. The van der Waals surface area contributed by atoms with E-state index in [1.54, 1.807) is 11.3 Å². The zero-order valence-corrected chi connectivity index (χ0v) is 10.7. The van der Waals surface area contributed by atoms with Gasteiger partial charge in [-0.3, -0.25) is 0 Å². The number of aromatic nitrogens is 1. The van der Waals surface area contributed by atoms with Crippen LogP contribution in [0, 0.1) is 0 Å². The highest BCUT2D eigenvalue weighted by molar-refractivity contribution is 9.10. The SMILES string of the molecule is CC(N)c1nc(-c2cccc(Br)c2)cs1. The maximum atomic E-state index is 5.77. The molecule has 2 rings (SSSR count). The number of nitrogens with zero attached hydrogens (tertiary/aromatic N) is 1. The van der Waals surface area contributed by atoms with E-state index in [4.69, 9.17) is 5.73 Å². The van der Waals surface area contributed by atoms with Gasteiger partial charge in [-0.15, -0.1) is 11.3 Å². The van der Waals surface area contributed by atoms with Crippen molar-refractivity contribution in [1.29, 1.82) is 0 Å². The van der Waals surface area contributed by atoms with Crippen LogP contribution in [-0.4, -0.2) is 4.98 Å². The fourth-order valence-electron chi connectivity index (χ4n) is 1.28. The van der Waals surface area contributed by atoms with Gasteiger partial charge in [0.05, 0.1) is 11.7 Å². The van der Waals surface area contributed by atoms with Crippen LogP contribution in [0.15, 0.2) is 34.1 Å². The van der Waals surface area contributed by atoms with Crippen LogP contribution in [0.5, 0.6) is 0 Å². The molecule has 0 radical (unpaired) electrons. The van der Waals surface area contributed by atoms with Gasteiger partial charge in [-0.25, -0.2) is 4.98 Å². The summed E-state index contributed by atoms with van der Waals surface area (Å²) in [6.45, 7) is 1.95. The van der Waals surface area contributed by atoms with Gasteiger partial charge in [-0.05, 0) is 19.1 Å². The van der Waals surface area contributed by atoms with Gasteiger partial charge in [0.2, 0.25) is 0 Å². The lowest BCUT2D eigenvalue weighted by Crippen LogP contribution is -2.03. The van der Waals surface area contributed by atoms with Crippen molar-refractivity contribution in [2.45, 2.75) is 13.0 Å². The minimum Gasteiger partial charge on any atom is -0.322 e. The van der Waals surface area contributed by atoms with Gasteiger partial charge >= 0.3 is 0 Å². The van der Waals surface area contributed by atoms with Crippen molar-refractivity contribution in [1.82, 2.24) is 4.98 Å². The van der Waals surface area contributed by atoms with E-state index in [1.807, 2.05) is 30.5 Å². The lowest BCUT2D eigenvalue weighted by Gasteiger charge is -1.99. The Labute approximate surface area is 101 Å². The van der Waals surface area contributed by atoms with Crippen LogP contribution in [0.25, 0.3) is 11.3 Å². The fraction of sp³-hybridized carbons (Fsp3) is 0.182. The molecule has 0 saturated carbocycles. The predicted octanol–water partition coefficient (Wildman–Crippen LogP) is 3.59. The number of thiazole rings is 1. The van der Waals surface area contributed by atoms with Crippen molar-refractivity contribution >= 4 is 27.3 Å². The lowest BCUT2D eigenvalue weighted by molar-refractivity contribution is 0.808. The smallest absolute Gasteiger partial charge is 0.110 e. The molecule has 4 heteroatoms. The van der Waals surface area contributed by atoms with Crippen molar-refractivity contribution in [3.05, 3.63) is 39.1 Å². The van der Waals surface area contributed by atoms with E-state index in [-0.39, 0.29) is 6.04 Å². The number of hydrogen-bond acceptors (Lipinski definition) is 3. The highest BCUT2D eigenvalue weighted by Gasteiger charge is 2.07. The molecule has 0 aliphatic heterocycles. The molecule has 1 unspecified atom stereocenters. The van der Waals surface area contributed by atoms with Crippen LogP contribution >= 0.6 is 27.3 Å². The van der Waals surface area contributed by atoms with Crippen LogP contribution in [0.3, 0.4) is 0 Å². The van der Waals surface area contributed by atoms with E-state index in [1.165, 1.54) is 0 Å². The third-order valence-electron chi connectivity index (χ3n) is 2.03. The molecule has 1 atom stereocenters. The topological polar surface area (TPSA) is 38.9 Å². The quantitative estimate of drug-likeness (QED) is 0.914. The van der Waals surface area contributed by atoms with Crippen LogP contribution in [0.4, 0.5) is 0 Å². The first-order chi connectivity index (χ1) is 7.16. The van der Waals surface area contributed by atoms with E-state index < -0.39 is 0 Å². The maximum absolute atomic E-state index is 5.77. The Bertz CT molecular complexity index is 465. The molecule has 0 bridgehead atoms. The third-order valence-corrected chi connectivity index (χ3v) is 3.57. The number of hydrogen-bond donors (Lipinski definition) is 1. The summed E-state index contributed by atoms with van der Waals surface area (Å²) in [5.41, 5.74) is 7.89. The largest absolute Gasteiger partial charge is 0.322 e. The van der Waals surface area contributed by atoms with E-state index >= 15 is 0 Å². The second kappa shape index (κ2) is 4.43. The van der Waals surface area contributed by atoms with Gasteiger partial charge in [-0.2, -0.15) is 0 Å². The number of benzene rings is 1. The molecule has 2 aromatic rings. The number of nitrogens with two attached hydrogens (primary N) is 1. The molecule has 0 aliphatic rings. The van der Waals surface area contributed by atoms with Crippen molar-refractivity contribution in [3.8, 4) is 11.3 Å². The Morgan fingerprint density at radius 3 is 2.87 bits per heavy atom. The normalized spacial score (nSPS) is 12.7. The van der Waals surface area contributed by atoms with Gasteiger partial charge in [0.1, 0.15) is 5.01 Å². The molecule has 78 valence electrons. The van der Waals surface area contributed by atoms with E-state index in [0.717, 1.165) is 20.7 Å². The van der Waals surface area contributed by atoms with Gasteiger partial charge in [-0.1, -0.05) is 28.1 Å². The number of halogens is 1. The lowest BCUT2D eigenvalue weighted by atomic mass is 10.2. The fourth-order valence-corrected chi connectivity index (χ4v) is 2.46. The van der Waals surface area contributed by atoms with Gasteiger partial charge in [0.15, 0.2) is 0 Å². The summed E-state index contributed by atoms with van der Waals surface area (Å²) in [4.78, 5) is 4.49. The van der Waals surface area contributed by atoms with Gasteiger partial charge in [0.25, 0.3) is 0 Å². The van der Waals surface area contributed by atoms with Gasteiger partial charge in [0, 0.05) is 15.4 Å². The average Bonchev–Trinajstić information content (AvgIpc) is 2.66. The molecule has 0 aliphatic carbocycles. The zero-order chi connectivity index (χ0) is 10.8. The summed E-state index contributed by atoms with van der Waals surface area (Å²) >= 11 is 5.05. The average molecular weight is 283 g/mol. The van der Waals surface area contributed by atoms with Crippen molar-refractivity contribution in [2.75, 3.05) is 0 Å². The molecular weight excluding hydrogens is 272 g/mol. The minimum atomic E-state index is 0.0101. The second-order valence-corrected chi connectivity index (χ2v) is 5.18. The Hall–Kier alpha value is -0.710. The minimum absolute atomic E-state index is 0.0101. The summed E-state index contributed by atoms with van der Waals surface area (Å²) in [6, 6.07) is 8.12. The summed E-state index contributed by atoms with van der Waals surface area (Å²) in [7, 11) is 0. The highest BCUT2D eigenvalue weighted by atomic mass is 79.9. The first-order valence-corrected chi connectivity index (χ1v) is 6.31. The maximum Gasteiger partial charge on any atom is 0.110 e. The molecule has 1 heterocycles. The third kappa shape index (κ3) is 2.45.